The van der Waals surface area contributed by atoms with Gasteiger partial charge in [-0.2, -0.15) is 4.90 Å². The Labute approximate surface area is 128 Å². The predicted octanol–water partition coefficient (Wildman–Crippen LogP) is 2.75. The zero-order valence-electron chi connectivity index (χ0n) is 12.4. The normalized spacial score (nSPS) is 10.1. The van der Waals surface area contributed by atoms with E-state index in [1.165, 1.54) is 34.7 Å². The molecule has 0 unspecified atom stereocenters. The highest BCUT2D eigenvalue weighted by molar-refractivity contribution is 8.12. The lowest BCUT2D eigenvalue weighted by atomic mass is 10.4. The van der Waals surface area contributed by atoms with Gasteiger partial charge < -0.3 is 10.1 Å². The number of ether oxygens (including phenoxy) is 1. The summed E-state index contributed by atoms with van der Waals surface area (Å²) in [5.74, 6) is 1.36. The van der Waals surface area contributed by atoms with E-state index in [0.717, 1.165) is 0 Å². The van der Waals surface area contributed by atoms with Crippen LogP contribution in [0.25, 0.3) is 0 Å². The Morgan fingerprint density at radius 1 is 1.25 bits per heavy atom. The summed E-state index contributed by atoms with van der Waals surface area (Å²) in [6, 6.07) is -1.93. The van der Waals surface area contributed by atoms with E-state index in [1.807, 2.05) is 13.8 Å². The van der Waals surface area contributed by atoms with E-state index in [4.69, 9.17) is 10.1 Å². The number of amidine groups is 1. The number of rotatable bonds is 5. The van der Waals surface area contributed by atoms with Gasteiger partial charge in [0.25, 0.3) is 0 Å². The van der Waals surface area contributed by atoms with Crippen LogP contribution in [0.1, 0.15) is 27.7 Å². The van der Waals surface area contributed by atoms with Crippen molar-refractivity contribution in [1.82, 2.24) is 13.9 Å². The molecule has 7 nitrogen and oxygen atoms in total. The molecule has 2 N–H and O–H groups in total. The maximum Gasteiger partial charge on any atom is 0.356 e. The van der Waals surface area contributed by atoms with E-state index < -0.39 is 18.1 Å². The lowest BCUT2D eigenvalue weighted by Gasteiger charge is -2.26. The smallest absolute Gasteiger partial charge is 0.356 e. The van der Waals surface area contributed by atoms with E-state index in [0.29, 0.717) is 16.4 Å². The van der Waals surface area contributed by atoms with Gasteiger partial charge >= 0.3 is 18.1 Å². The van der Waals surface area contributed by atoms with Crippen LogP contribution in [0.15, 0.2) is 0 Å². The first-order valence-corrected chi connectivity index (χ1v) is 8.10. The van der Waals surface area contributed by atoms with Crippen molar-refractivity contribution < 1.29 is 14.3 Å². The molecular weight excluding hydrogens is 300 g/mol. The van der Waals surface area contributed by atoms with Crippen molar-refractivity contribution in [3.05, 3.63) is 0 Å². The molecular formula is C11H22N4O3S2. The van der Waals surface area contributed by atoms with E-state index in [2.05, 4.69) is 5.32 Å². The second-order valence-electron chi connectivity index (χ2n) is 3.82. The largest absolute Gasteiger partial charge is 0.468 e. The Hall–Kier alpha value is -1.09. The SMILES string of the molecule is CCSN(SCC)C(=O)N(C(=N)OC)C(=O)NC(C)C. The van der Waals surface area contributed by atoms with Crippen LogP contribution in [0.4, 0.5) is 9.59 Å². The number of hydrogen-bond donors (Lipinski definition) is 2. The Morgan fingerprint density at radius 3 is 2.10 bits per heavy atom. The molecule has 0 aromatic heterocycles. The van der Waals surface area contributed by atoms with Crippen molar-refractivity contribution in [1.29, 1.82) is 5.41 Å². The number of imide groups is 1. The van der Waals surface area contributed by atoms with Gasteiger partial charge in [-0.05, 0) is 37.7 Å². The number of amides is 4. The molecule has 9 heteroatoms. The minimum atomic E-state index is -0.671. The fraction of sp³-hybridized carbons (Fsp3) is 0.727. The van der Waals surface area contributed by atoms with Gasteiger partial charge in [0, 0.05) is 17.5 Å². The lowest BCUT2D eigenvalue weighted by Crippen LogP contribution is -2.51. The maximum atomic E-state index is 12.4. The Morgan fingerprint density at radius 2 is 1.75 bits per heavy atom. The molecule has 0 atom stereocenters. The number of nitrogens with one attached hydrogen (secondary N) is 2. The summed E-state index contributed by atoms with van der Waals surface area (Å²) in [5, 5.41) is 10.2. The number of urea groups is 2. The first-order valence-electron chi connectivity index (χ1n) is 6.22. The van der Waals surface area contributed by atoms with Crippen LogP contribution >= 0.6 is 23.9 Å². The van der Waals surface area contributed by atoms with E-state index >= 15 is 0 Å². The molecule has 0 saturated carbocycles. The topological polar surface area (TPSA) is 85.7 Å². The summed E-state index contributed by atoms with van der Waals surface area (Å²) in [6.45, 7) is 7.36. The number of methoxy groups -OCH3 is 1. The van der Waals surface area contributed by atoms with E-state index in [-0.39, 0.29) is 6.04 Å². The van der Waals surface area contributed by atoms with Gasteiger partial charge in [-0.15, -0.1) is 0 Å². The van der Waals surface area contributed by atoms with Crippen LogP contribution in [-0.4, -0.2) is 51.4 Å². The molecule has 0 bridgehead atoms. The molecule has 0 aliphatic heterocycles. The van der Waals surface area contributed by atoms with Crippen LogP contribution in [0.2, 0.25) is 0 Å². The van der Waals surface area contributed by atoms with Crippen molar-refractivity contribution in [3.8, 4) is 0 Å². The van der Waals surface area contributed by atoms with Crippen molar-refractivity contribution in [2.75, 3.05) is 18.6 Å². The molecule has 0 aliphatic rings. The van der Waals surface area contributed by atoms with Crippen LogP contribution in [0.3, 0.4) is 0 Å². The molecule has 0 aromatic rings. The zero-order valence-corrected chi connectivity index (χ0v) is 14.1. The summed E-state index contributed by atoms with van der Waals surface area (Å²) in [4.78, 5) is 25.1. The van der Waals surface area contributed by atoms with Gasteiger partial charge in [0.05, 0.1) is 7.11 Å². The predicted molar refractivity (Wildman–Crippen MR) is 83.7 cm³/mol. The van der Waals surface area contributed by atoms with Crippen LogP contribution < -0.4 is 5.32 Å². The molecule has 0 aliphatic carbocycles. The highest BCUT2D eigenvalue weighted by Gasteiger charge is 2.32. The monoisotopic (exact) mass is 322 g/mol. The molecule has 4 amide bonds. The standard InChI is InChI=1S/C11H22N4O3S2/c1-6-19-15(20-7-2)11(17)14(9(12)18-5)10(16)13-8(3)4/h8,12H,6-7H2,1-5H3,(H,13,16). The molecule has 0 rings (SSSR count). The molecule has 20 heavy (non-hydrogen) atoms. The molecule has 0 saturated heterocycles. The number of hydrogen-bond acceptors (Lipinski definition) is 6. The Balaban J connectivity index is 5.13. The van der Waals surface area contributed by atoms with E-state index in [9.17, 15) is 9.59 Å². The minimum Gasteiger partial charge on any atom is -0.468 e. The summed E-state index contributed by atoms with van der Waals surface area (Å²) >= 11 is 2.55. The van der Waals surface area contributed by atoms with Gasteiger partial charge in [0.2, 0.25) is 0 Å². The van der Waals surface area contributed by atoms with Gasteiger partial charge in [0.15, 0.2) is 0 Å². The highest BCUT2D eigenvalue weighted by atomic mass is 32.2. The quantitative estimate of drug-likeness (QED) is 0.462. The average molecular weight is 322 g/mol. The fourth-order valence-electron chi connectivity index (χ4n) is 1.13. The number of carbonyl (C=O) groups is 2. The summed E-state index contributed by atoms with van der Waals surface area (Å²) < 4.78 is 6.11. The van der Waals surface area contributed by atoms with Crippen LogP contribution in [0.5, 0.6) is 0 Å². The lowest BCUT2D eigenvalue weighted by molar-refractivity contribution is 0.191. The van der Waals surface area contributed by atoms with Gasteiger partial charge in [-0.3, -0.25) is 5.41 Å². The average Bonchev–Trinajstić information content (AvgIpc) is 2.37. The molecule has 0 aromatic carbocycles. The Kier molecular flexibility index (Phi) is 9.23. The number of nitrogens with zero attached hydrogens (tertiary/aromatic N) is 2. The van der Waals surface area contributed by atoms with Crippen LogP contribution in [-0.2, 0) is 4.74 Å². The van der Waals surface area contributed by atoms with Crippen molar-refractivity contribution >= 4 is 42.0 Å². The van der Waals surface area contributed by atoms with Gasteiger partial charge in [-0.1, -0.05) is 13.8 Å². The molecule has 0 heterocycles. The third kappa shape index (κ3) is 5.91. The second kappa shape index (κ2) is 9.76. The van der Waals surface area contributed by atoms with Crippen molar-refractivity contribution in [2.45, 2.75) is 33.7 Å². The molecule has 0 radical (unpaired) electrons. The zero-order chi connectivity index (χ0) is 15.7. The third-order valence-corrected chi connectivity index (χ3v) is 3.78. The second-order valence-corrected chi connectivity index (χ2v) is 6.46. The first-order chi connectivity index (χ1) is 9.38. The summed E-state index contributed by atoms with van der Waals surface area (Å²) in [7, 11) is 1.25. The van der Waals surface area contributed by atoms with Crippen molar-refractivity contribution in [2.24, 2.45) is 0 Å². The maximum absolute atomic E-state index is 12.4. The third-order valence-electron chi connectivity index (χ3n) is 1.85. The van der Waals surface area contributed by atoms with Crippen LogP contribution in [0, 0.1) is 5.41 Å². The van der Waals surface area contributed by atoms with Crippen molar-refractivity contribution in [3.63, 3.8) is 0 Å². The van der Waals surface area contributed by atoms with E-state index in [1.54, 1.807) is 13.8 Å². The summed E-state index contributed by atoms with van der Waals surface area (Å²) in [5.41, 5.74) is 0. The fourth-order valence-corrected chi connectivity index (χ4v) is 2.92. The Bertz CT molecular complexity index is 347. The molecule has 0 fully saturated rings. The number of carbonyl (C=O) groups excluding carboxylic acids is 2. The first kappa shape index (κ1) is 18.9. The highest BCUT2D eigenvalue weighted by Crippen LogP contribution is 2.23. The van der Waals surface area contributed by atoms with Gasteiger partial charge in [0.1, 0.15) is 0 Å². The summed E-state index contributed by atoms with van der Waals surface area (Å²) in [6.07, 6.45) is 0. The molecule has 116 valence electrons. The molecule has 0 spiro atoms. The minimum absolute atomic E-state index is 0.145. The van der Waals surface area contributed by atoms with Gasteiger partial charge in [-0.25, -0.2) is 13.3 Å².